The quantitative estimate of drug-likeness (QED) is 0.678. The van der Waals surface area contributed by atoms with Crippen molar-refractivity contribution in [2.75, 3.05) is 12.0 Å². The molecule has 1 saturated heterocycles. The number of nitrogens with zero attached hydrogens (tertiary/aromatic N) is 1. The van der Waals surface area contributed by atoms with Crippen LogP contribution in [0.1, 0.15) is 5.56 Å². The molecular weight excluding hydrogens is 330 g/mol. The summed E-state index contributed by atoms with van der Waals surface area (Å²) < 4.78 is 5.67. The van der Waals surface area contributed by atoms with Crippen LogP contribution in [0.5, 0.6) is 11.5 Å². The molecule has 4 nitrogen and oxygen atoms in total. The van der Waals surface area contributed by atoms with Gasteiger partial charge in [-0.25, -0.2) is 0 Å². The van der Waals surface area contributed by atoms with Gasteiger partial charge in [0, 0.05) is 6.07 Å². The fourth-order valence-corrected chi connectivity index (χ4v) is 3.46. The lowest BCUT2D eigenvalue weighted by molar-refractivity contribution is -0.113. The number of rotatable bonds is 3. The van der Waals surface area contributed by atoms with Crippen LogP contribution in [-0.2, 0) is 4.79 Å². The Morgan fingerprint density at radius 1 is 1.22 bits per heavy atom. The first-order valence-corrected chi connectivity index (χ1v) is 8.02. The van der Waals surface area contributed by atoms with Crippen LogP contribution in [0.15, 0.2) is 53.4 Å². The second-order valence-electron chi connectivity index (χ2n) is 4.81. The van der Waals surface area contributed by atoms with Gasteiger partial charge in [0.15, 0.2) is 4.32 Å². The molecule has 1 aliphatic rings. The number of hydrogen-bond donors (Lipinski definition) is 1. The number of ether oxygens (including phenoxy) is 1. The zero-order valence-corrected chi connectivity index (χ0v) is 13.9. The van der Waals surface area contributed by atoms with Crippen molar-refractivity contribution in [1.82, 2.24) is 0 Å². The summed E-state index contributed by atoms with van der Waals surface area (Å²) in [5.74, 6) is 0.687. The maximum absolute atomic E-state index is 12.6. The predicted octanol–water partition coefficient (Wildman–Crippen LogP) is 3.81. The first-order chi connectivity index (χ1) is 11.1. The molecule has 6 heteroatoms. The molecule has 2 aromatic carbocycles. The number of aromatic hydroxyl groups is 1. The number of carbonyl (C=O) groups is 1. The van der Waals surface area contributed by atoms with Crippen LogP contribution in [0.3, 0.4) is 0 Å². The van der Waals surface area contributed by atoms with Crippen molar-refractivity contribution in [1.29, 1.82) is 0 Å². The molecule has 0 saturated carbocycles. The lowest BCUT2D eigenvalue weighted by Crippen LogP contribution is -2.27. The number of amides is 1. The van der Waals surface area contributed by atoms with Gasteiger partial charge in [-0.15, -0.1) is 0 Å². The molecule has 0 aliphatic carbocycles. The first-order valence-electron chi connectivity index (χ1n) is 6.79. The SMILES string of the molecule is COc1cccc(N2C(=O)/C(=C/c3ccc(O)cc3)SC2=S)c1. The second kappa shape index (κ2) is 6.44. The topological polar surface area (TPSA) is 49.8 Å². The number of phenolic OH excluding ortho intramolecular Hbond substituents is 1. The molecule has 116 valence electrons. The highest BCUT2D eigenvalue weighted by molar-refractivity contribution is 8.27. The molecule has 23 heavy (non-hydrogen) atoms. The molecule has 1 amide bonds. The number of thioether (sulfide) groups is 1. The van der Waals surface area contributed by atoms with E-state index >= 15 is 0 Å². The van der Waals surface area contributed by atoms with Crippen molar-refractivity contribution < 1.29 is 14.6 Å². The second-order valence-corrected chi connectivity index (χ2v) is 6.49. The zero-order valence-electron chi connectivity index (χ0n) is 12.2. The van der Waals surface area contributed by atoms with Gasteiger partial charge in [0.05, 0.1) is 17.7 Å². The van der Waals surface area contributed by atoms with Gasteiger partial charge in [0.25, 0.3) is 5.91 Å². The molecule has 1 fully saturated rings. The minimum atomic E-state index is -0.165. The maximum atomic E-state index is 12.6. The van der Waals surface area contributed by atoms with E-state index < -0.39 is 0 Å². The summed E-state index contributed by atoms with van der Waals surface area (Å²) in [6.45, 7) is 0. The molecule has 1 heterocycles. The van der Waals surface area contributed by atoms with E-state index in [0.717, 1.165) is 5.56 Å². The van der Waals surface area contributed by atoms with Crippen LogP contribution in [0.4, 0.5) is 5.69 Å². The minimum Gasteiger partial charge on any atom is -0.508 e. The van der Waals surface area contributed by atoms with Gasteiger partial charge < -0.3 is 9.84 Å². The summed E-state index contributed by atoms with van der Waals surface area (Å²) in [6, 6.07) is 13.9. The minimum absolute atomic E-state index is 0.165. The smallest absolute Gasteiger partial charge is 0.270 e. The molecule has 0 bridgehead atoms. The number of hydrogen-bond acceptors (Lipinski definition) is 5. The van der Waals surface area contributed by atoms with Crippen LogP contribution >= 0.6 is 24.0 Å². The number of methoxy groups -OCH3 is 1. The van der Waals surface area contributed by atoms with Crippen molar-refractivity contribution in [3.05, 3.63) is 59.0 Å². The van der Waals surface area contributed by atoms with Crippen molar-refractivity contribution in [2.24, 2.45) is 0 Å². The van der Waals surface area contributed by atoms with Crippen LogP contribution in [0.25, 0.3) is 6.08 Å². The largest absolute Gasteiger partial charge is 0.508 e. The van der Waals surface area contributed by atoms with Gasteiger partial charge in [-0.3, -0.25) is 9.69 Å². The molecule has 0 spiro atoms. The normalized spacial score (nSPS) is 16.2. The molecule has 0 atom stereocenters. The molecule has 2 aromatic rings. The summed E-state index contributed by atoms with van der Waals surface area (Å²) in [7, 11) is 1.58. The van der Waals surface area contributed by atoms with Crippen LogP contribution < -0.4 is 9.64 Å². The number of benzene rings is 2. The Kier molecular flexibility index (Phi) is 4.36. The summed E-state index contributed by atoms with van der Waals surface area (Å²) in [5.41, 5.74) is 1.51. The van der Waals surface area contributed by atoms with Gasteiger partial charge in [-0.1, -0.05) is 42.2 Å². The monoisotopic (exact) mass is 343 g/mol. The van der Waals surface area contributed by atoms with Crippen molar-refractivity contribution in [2.45, 2.75) is 0 Å². The van der Waals surface area contributed by atoms with E-state index in [1.54, 1.807) is 43.5 Å². The van der Waals surface area contributed by atoms with Crippen molar-refractivity contribution in [3.63, 3.8) is 0 Å². The predicted molar refractivity (Wildman–Crippen MR) is 96.8 cm³/mol. The molecule has 0 aromatic heterocycles. The number of thiocarbonyl (C=S) groups is 1. The lowest BCUT2D eigenvalue weighted by atomic mass is 10.2. The summed E-state index contributed by atoms with van der Waals surface area (Å²) >= 11 is 6.59. The summed E-state index contributed by atoms with van der Waals surface area (Å²) in [6.07, 6.45) is 1.76. The number of carbonyl (C=O) groups excluding carboxylic acids is 1. The van der Waals surface area contributed by atoms with Crippen molar-refractivity contribution in [3.8, 4) is 11.5 Å². The highest BCUT2D eigenvalue weighted by atomic mass is 32.2. The van der Waals surface area contributed by atoms with Gasteiger partial charge in [-0.05, 0) is 35.9 Å². The van der Waals surface area contributed by atoms with E-state index in [2.05, 4.69) is 0 Å². The Labute approximate surface area is 143 Å². The fourth-order valence-electron chi connectivity index (χ4n) is 2.16. The third-order valence-corrected chi connectivity index (χ3v) is 4.60. The first kappa shape index (κ1) is 15.6. The van der Waals surface area contributed by atoms with Gasteiger partial charge in [0.2, 0.25) is 0 Å². The number of anilines is 1. The van der Waals surface area contributed by atoms with E-state index in [1.165, 1.54) is 16.7 Å². The number of phenols is 1. The van der Waals surface area contributed by atoms with E-state index in [9.17, 15) is 9.90 Å². The van der Waals surface area contributed by atoms with E-state index in [0.29, 0.717) is 20.7 Å². The molecule has 1 aliphatic heterocycles. The van der Waals surface area contributed by atoms with Crippen LogP contribution in [0.2, 0.25) is 0 Å². The van der Waals surface area contributed by atoms with Crippen LogP contribution in [0, 0.1) is 0 Å². The zero-order chi connectivity index (χ0) is 16.4. The highest BCUT2D eigenvalue weighted by Crippen LogP contribution is 2.37. The molecular formula is C17H13NO3S2. The Bertz CT molecular complexity index is 800. The maximum Gasteiger partial charge on any atom is 0.270 e. The third-order valence-electron chi connectivity index (χ3n) is 3.30. The van der Waals surface area contributed by atoms with E-state index in [-0.39, 0.29) is 11.7 Å². The summed E-state index contributed by atoms with van der Waals surface area (Å²) in [4.78, 5) is 14.7. The fraction of sp³-hybridized carbons (Fsp3) is 0.0588. The average Bonchev–Trinajstić information content (AvgIpc) is 2.83. The molecule has 1 N–H and O–H groups in total. The average molecular weight is 343 g/mol. The van der Waals surface area contributed by atoms with Crippen molar-refractivity contribution >= 4 is 46.0 Å². The third kappa shape index (κ3) is 3.23. The Hall–Kier alpha value is -2.31. The Morgan fingerprint density at radius 2 is 1.96 bits per heavy atom. The lowest BCUT2D eigenvalue weighted by Gasteiger charge is -2.15. The summed E-state index contributed by atoms with van der Waals surface area (Å²) in [5, 5.41) is 9.32. The molecule has 3 rings (SSSR count). The standard InChI is InChI=1S/C17H13NO3S2/c1-21-14-4-2-3-12(10-14)18-16(20)15(23-17(18)22)9-11-5-7-13(19)8-6-11/h2-10,19H,1H3/b15-9-. The van der Waals surface area contributed by atoms with Crippen LogP contribution in [-0.4, -0.2) is 22.4 Å². The Balaban J connectivity index is 1.91. The van der Waals surface area contributed by atoms with Gasteiger partial charge in [-0.2, -0.15) is 0 Å². The molecule has 0 radical (unpaired) electrons. The van der Waals surface area contributed by atoms with E-state index in [4.69, 9.17) is 17.0 Å². The van der Waals surface area contributed by atoms with E-state index in [1.807, 2.05) is 18.2 Å². The Morgan fingerprint density at radius 3 is 2.65 bits per heavy atom. The van der Waals surface area contributed by atoms with Gasteiger partial charge in [0.1, 0.15) is 11.5 Å². The highest BCUT2D eigenvalue weighted by Gasteiger charge is 2.33. The molecule has 0 unspecified atom stereocenters. The van der Waals surface area contributed by atoms with Gasteiger partial charge >= 0.3 is 0 Å².